The van der Waals surface area contributed by atoms with Crippen molar-refractivity contribution in [1.29, 1.82) is 0 Å². The average Bonchev–Trinajstić information content (AvgIpc) is 3.20. The van der Waals surface area contributed by atoms with Crippen LogP contribution in [0.1, 0.15) is 31.2 Å². The second-order valence-electron chi connectivity index (χ2n) is 9.62. The Hall–Kier alpha value is -3.82. The molecule has 3 heterocycles. The monoisotopic (exact) mass is 624 g/mol. The first-order chi connectivity index (χ1) is 19.9. The number of benzene rings is 2. The van der Waals surface area contributed by atoms with Crippen LogP contribution in [0.25, 0.3) is 22.4 Å². The number of aryl methyl sites for hydroxylation is 1. The molecular formula is C26H24ClF3N6O5S. The molecule has 16 heteroatoms. The first-order valence-electron chi connectivity index (χ1n) is 12.9. The number of fused-ring (bicyclic) bond motifs is 1. The lowest BCUT2D eigenvalue weighted by atomic mass is 10.1. The molecule has 5 rings (SSSR count). The Morgan fingerprint density at radius 3 is 2.60 bits per heavy atom. The maximum atomic E-state index is 13.4. The number of nitro groups is 1. The molecule has 0 amide bonds. The second-order valence-corrected chi connectivity index (χ2v) is 12.0. The molecular weight excluding hydrogens is 601 g/mol. The highest BCUT2D eigenvalue weighted by Gasteiger charge is 2.33. The van der Waals surface area contributed by atoms with Gasteiger partial charge in [-0.3, -0.25) is 10.1 Å². The quantitative estimate of drug-likeness (QED) is 0.187. The van der Waals surface area contributed by atoms with Crippen LogP contribution in [-0.2, 0) is 22.6 Å². The van der Waals surface area contributed by atoms with E-state index in [1.54, 1.807) is 0 Å². The number of nitro benzene ring substituents is 1. The van der Waals surface area contributed by atoms with E-state index in [1.807, 2.05) is 11.8 Å². The minimum Gasteiger partial charge on any atom is -0.354 e. The fraction of sp³-hybridized carbons (Fsp3) is 0.346. The smallest absolute Gasteiger partial charge is 0.354 e. The van der Waals surface area contributed by atoms with Gasteiger partial charge in [0.05, 0.1) is 15.4 Å². The zero-order valence-electron chi connectivity index (χ0n) is 22.1. The predicted octanol–water partition coefficient (Wildman–Crippen LogP) is 5.72. The van der Waals surface area contributed by atoms with E-state index in [-0.39, 0.29) is 46.5 Å². The number of halogens is 4. The number of nitrogens with zero attached hydrogens (tertiary/aromatic N) is 6. The van der Waals surface area contributed by atoms with Crippen molar-refractivity contribution in [2.24, 2.45) is 0 Å². The van der Waals surface area contributed by atoms with E-state index in [0.29, 0.717) is 36.4 Å². The number of alkyl halides is 3. The van der Waals surface area contributed by atoms with Crippen molar-refractivity contribution in [2.45, 2.75) is 37.3 Å². The van der Waals surface area contributed by atoms with Gasteiger partial charge in [0.25, 0.3) is 11.4 Å². The second kappa shape index (κ2) is 11.5. The molecule has 0 unspecified atom stereocenters. The Morgan fingerprint density at radius 1 is 1.10 bits per heavy atom. The molecule has 4 aromatic rings. The van der Waals surface area contributed by atoms with Crippen molar-refractivity contribution in [3.8, 4) is 11.3 Å². The summed E-state index contributed by atoms with van der Waals surface area (Å²) in [5, 5.41) is 15.5. The van der Waals surface area contributed by atoms with Gasteiger partial charge in [0.1, 0.15) is 27.7 Å². The van der Waals surface area contributed by atoms with Gasteiger partial charge in [-0.15, -0.1) is 0 Å². The molecule has 0 N–H and O–H groups in total. The van der Waals surface area contributed by atoms with Gasteiger partial charge in [-0.1, -0.05) is 35.8 Å². The summed E-state index contributed by atoms with van der Waals surface area (Å²) in [6, 6.07) is 8.02. The number of aromatic nitrogens is 3. The summed E-state index contributed by atoms with van der Waals surface area (Å²) in [7, 11) is -4.11. The van der Waals surface area contributed by atoms with E-state index < -0.39 is 32.4 Å². The van der Waals surface area contributed by atoms with E-state index >= 15 is 0 Å². The molecule has 42 heavy (non-hydrogen) atoms. The maximum Gasteiger partial charge on any atom is 0.416 e. The predicted molar refractivity (Wildman–Crippen MR) is 148 cm³/mol. The topological polar surface area (TPSA) is 136 Å². The number of hydrogen-bond donors (Lipinski definition) is 0. The summed E-state index contributed by atoms with van der Waals surface area (Å²) in [4.78, 5) is 21.3. The first kappa shape index (κ1) is 29.7. The van der Waals surface area contributed by atoms with Crippen molar-refractivity contribution >= 4 is 44.2 Å². The largest absolute Gasteiger partial charge is 0.416 e. The van der Waals surface area contributed by atoms with Crippen LogP contribution in [0, 0.1) is 10.1 Å². The Morgan fingerprint density at radius 2 is 1.88 bits per heavy atom. The van der Waals surface area contributed by atoms with Crippen molar-refractivity contribution in [1.82, 2.24) is 19.4 Å². The minimum absolute atomic E-state index is 0.0114. The van der Waals surface area contributed by atoms with E-state index in [2.05, 4.69) is 10.1 Å². The molecule has 0 spiro atoms. The van der Waals surface area contributed by atoms with Gasteiger partial charge in [0.15, 0.2) is 0 Å². The van der Waals surface area contributed by atoms with Crippen LogP contribution in [0.15, 0.2) is 51.9 Å². The summed E-state index contributed by atoms with van der Waals surface area (Å²) >= 11 is 5.86. The van der Waals surface area contributed by atoms with E-state index in [0.717, 1.165) is 24.6 Å². The zero-order chi connectivity index (χ0) is 30.2. The van der Waals surface area contributed by atoms with Crippen molar-refractivity contribution in [3.63, 3.8) is 0 Å². The molecule has 2 aromatic heterocycles. The van der Waals surface area contributed by atoms with Gasteiger partial charge in [0, 0.05) is 44.2 Å². The van der Waals surface area contributed by atoms with Crippen LogP contribution in [-0.4, -0.2) is 58.9 Å². The SMILES string of the molecule is CCCc1nc(N2CCCN(S(=O)(=O)c3ccc(Cl)c([N+](=O)[O-])c3)CC2)c2c(-c3cccc(C(F)(F)F)c3)noc2n1. The highest BCUT2D eigenvalue weighted by Crippen LogP contribution is 2.37. The van der Waals surface area contributed by atoms with E-state index in [9.17, 15) is 31.7 Å². The van der Waals surface area contributed by atoms with Crippen LogP contribution in [0.3, 0.4) is 0 Å². The van der Waals surface area contributed by atoms with Gasteiger partial charge >= 0.3 is 6.18 Å². The molecule has 0 atom stereocenters. The van der Waals surface area contributed by atoms with Crippen molar-refractivity contribution in [2.75, 3.05) is 31.1 Å². The third kappa shape index (κ3) is 5.76. The van der Waals surface area contributed by atoms with E-state index in [1.165, 1.54) is 28.6 Å². The van der Waals surface area contributed by atoms with Crippen LogP contribution in [0.4, 0.5) is 24.7 Å². The Balaban J connectivity index is 1.52. The Bertz CT molecular complexity index is 1770. The van der Waals surface area contributed by atoms with Crippen LogP contribution < -0.4 is 4.90 Å². The fourth-order valence-corrected chi connectivity index (χ4v) is 6.45. The summed E-state index contributed by atoms with van der Waals surface area (Å²) in [5.41, 5.74) is -0.954. The van der Waals surface area contributed by atoms with Crippen molar-refractivity contribution in [3.05, 3.63) is 69.0 Å². The summed E-state index contributed by atoms with van der Waals surface area (Å²) in [6.45, 7) is 2.60. The van der Waals surface area contributed by atoms with Gasteiger partial charge in [-0.2, -0.15) is 22.5 Å². The molecule has 1 aliphatic heterocycles. The number of hydrogen-bond acceptors (Lipinski definition) is 9. The highest BCUT2D eigenvalue weighted by atomic mass is 35.5. The summed E-state index contributed by atoms with van der Waals surface area (Å²) in [6.07, 6.45) is -2.97. The van der Waals surface area contributed by atoms with Crippen LogP contribution >= 0.6 is 11.6 Å². The lowest BCUT2D eigenvalue weighted by molar-refractivity contribution is -0.384. The standard InChI is InChI=1S/C26H24ClF3N6O5S/c1-2-5-21-31-24(22-23(33-41-25(22)32-21)16-6-3-7-17(14-16)26(28,29)30)34-10-4-11-35(13-12-34)42(39,40)18-8-9-19(27)20(15-18)36(37)38/h3,6-9,14-15H,2,4-5,10-13H2,1H3. The lowest BCUT2D eigenvalue weighted by Gasteiger charge is -2.23. The molecule has 222 valence electrons. The van der Waals surface area contributed by atoms with Gasteiger partial charge < -0.3 is 9.42 Å². The number of rotatable bonds is 7. The molecule has 0 radical (unpaired) electrons. The minimum atomic E-state index is -4.56. The average molecular weight is 625 g/mol. The van der Waals surface area contributed by atoms with Gasteiger partial charge in [-0.25, -0.2) is 13.4 Å². The fourth-order valence-electron chi connectivity index (χ4n) is 4.77. The first-order valence-corrected chi connectivity index (χ1v) is 14.7. The van der Waals surface area contributed by atoms with Gasteiger partial charge in [-0.05, 0) is 37.1 Å². The molecule has 0 saturated carbocycles. The van der Waals surface area contributed by atoms with Gasteiger partial charge in [0.2, 0.25) is 10.0 Å². The molecule has 1 fully saturated rings. The number of anilines is 1. The summed E-state index contributed by atoms with van der Waals surface area (Å²) in [5.74, 6) is 0.826. The molecule has 1 saturated heterocycles. The van der Waals surface area contributed by atoms with Crippen LogP contribution in [0.2, 0.25) is 5.02 Å². The van der Waals surface area contributed by atoms with E-state index in [4.69, 9.17) is 21.1 Å². The molecule has 2 aromatic carbocycles. The third-order valence-electron chi connectivity index (χ3n) is 6.81. The van der Waals surface area contributed by atoms with Crippen LogP contribution in [0.5, 0.6) is 0 Å². The molecule has 11 nitrogen and oxygen atoms in total. The molecule has 0 bridgehead atoms. The molecule has 1 aliphatic rings. The third-order valence-corrected chi connectivity index (χ3v) is 9.02. The van der Waals surface area contributed by atoms with Crippen molar-refractivity contribution < 1.29 is 31.0 Å². The Labute approximate surface area is 243 Å². The summed E-state index contributed by atoms with van der Waals surface area (Å²) < 4.78 is 73.9. The normalized spacial score (nSPS) is 15.2. The maximum absolute atomic E-state index is 13.4. The Kier molecular flexibility index (Phi) is 8.09. The number of sulfonamides is 1. The highest BCUT2D eigenvalue weighted by molar-refractivity contribution is 7.89. The zero-order valence-corrected chi connectivity index (χ0v) is 23.7. The molecule has 0 aliphatic carbocycles. The lowest BCUT2D eigenvalue weighted by Crippen LogP contribution is -2.35.